The highest BCUT2D eigenvalue weighted by Gasteiger charge is 2.22. The van der Waals surface area contributed by atoms with Crippen LogP contribution in [0.3, 0.4) is 0 Å². The summed E-state index contributed by atoms with van der Waals surface area (Å²) in [6.07, 6.45) is 5.27. The Morgan fingerprint density at radius 2 is 1.82 bits per heavy atom. The number of fused-ring (bicyclic) bond motifs is 2. The van der Waals surface area contributed by atoms with Crippen molar-refractivity contribution in [2.45, 2.75) is 19.9 Å². The minimum atomic E-state index is -0.393. The molecule has 1 atom stereocenters. The molecule has 8 nitrogen and oxygen atoms in total. The van der Waals surface area contributed by atoms with Crippen molar-refractivity contribution in [3.05, 3.63) is 114 Å². The fourth-order valence-electron chi connectivity index (χ4n) is 4.72. The molecule has 0 aliphatic heterocycles. The zero-order valence-corrected chi connectivity index (χ0v) is 21.8. The Hall–Kier alpha value is -5.29. The normalized spacial score (nSPS) is 11.8. The first-order valence-electron chi connectivity index (χ1n) is 12.6. The summed E-state index contributed by atoms with van der Waals surface area (Å²) in [6, 6.07) is 21.3. The van der Waals surface area contributed by atoms with Crippen LogP contribution in [-0.2, 0) is 7.05 Å². The van der Waals surface area contributed by atoms with Gasteiger partial charge in [-0.25, -0.2) is 14.5 Å². The van der Waals surface area contributed by atoms with E-state index in [1.165, 1.54) is 0 Å². The van der Waals surface area contributed by atoms with Crippen LogP contribution in [0.25, 0.3) is 27.7 Å². The molecule has 0 saturated carbocycles. The van der Waals surface area contributed by atoms with Gasteiger partial charge in [0.2, 0.25) is 0 Å². The third-order valence-corrected chi connectivity index (χ3v) is 6.56. The molecule has 190 valence electrons. The molecule has 2 aromatic carbocycles. The average Bonchev–Trinajstić information content (AvgIpc) is 3.52. The standard InChI is InChI=1S/C31H25N7O/c1-20(35-31(39)30-21(2)34-28-13-8-16-32-38(28)30)29-26(23-9-5-4-6-10-23)17-25-24(11-7-12-27(25)36-29)15-14-22-18-33-37(3)19-22/h4-13,16-20H,1-3H3,(H,35,39)/t20-/m0/s1. The van der Waals surface area contributed by atoms with E-state index in [9.17, 15) is 4.79 Å². The molecule has 0 aliphatic carbocycles. The van der Waals surface area contributed by atoms with Gasteiger partial charge in [-0.05, 0) is 49.7 Å². The predicted molar refractivity (Wildman–Crippen MR) is 150 cm³/mol. The summed E-state index contributed by atoms with van der Waals surface area (Å²) in [4.78, 5) is 23.0. The second-order valence-electron chi connectivity index (χ2n) is 9.35. The van der Waals surface area contributed by atoms with Crippen molar-refractivity contribution in [2.24, 2.45) is 7.05 Å². The number of imidazole rings is 1. The SMILES string of the molecule is Cc1nc2cccnn2c1C(=O)N[C@@H](C)c1nc2cccc(C#Cc3cnn(C)c3)c2cc1-c1ccccc1. The van der Waals surface area contributed by atoms with Crippen molar-refractivity contribution in [1.82, 2.24) is 34.7 Å². The second kappa shape index (κ2) is 9.88. The van der Waals surface area contributed by atoms with Crippen LogP contribution >= 0.6 is 0 Å². The van der Waals surface area contributed by atoms with Crippen molar-refractivity contribution in [2.75, 3.05) is 0 Å². The lowest BCUT2D eigenvalue weighted by molar-refractivity contribution is 0.0931. The first-order valence-corrected chi connectivity index (χ1v) is 12.6. The summed E-state index contributed by atoms with van der Waals surface area (Å²) < 4.78 is 3.30. The van der Waals surface area contributed by atoms with Crippen LogP contribution in [0.15, 0.2) is 85.3 Å². The minimum absolute atomic E-state index is 0.261. The third-order valence-electron chi connectivity index (χ3n) is 6.56. The van der Waals surface area contributed by atoms with E-state index in [0.29, 0.717) is 17.0 Å². The third kappa shape index (κ3) is 4.62. The predicted octanol–water partition coefficient (Wildman–Crippen LogP) is 4.88. The van der Waals surface area contributed by atoms with Crippen molar-refractivity contribution in [1.29, 1.82) is 0 Å². The van der Waals surface area contributed by atoms with Crippen LogP contribution in [0.2, 0.25) is 0 Å². The molecule has 1 N–H and O–H groups in total. The molecule has 0 aliphatic rings. The maximum atomic E-state index is 13.4. The number of nitrogens with one attached hydrogen (secondary N) is 1. The van der Waals surface area contributed by atoms with E-state index < -0.39 is 6.04 Å². The molecule has 4 aromatic heterocycles. The van der Waals surface area contributed by atoms with E-state index in [0.717, 1.165) is 38.9 Å². The minimum Gasteiger partial charge on any atom is -0.343 e. The van der Waals surface area contributed by atoms with Gasteiger partial charge in [0, 0.05) is 36.0 Å². The van der Waals surface area contributed by atoms with Gasteiger partial charge >= 0.3 is 0 Å². The highest BCUT2D eigenvalue weighted by molar-refractivity contribution is 5.95. The molecular formula is C31H25N7O. The molecule has 0 radical (unpaired) electrons. The van der Waals surface area contributed by atoms with Gasteiger partial charge in [0.15, 0.2) is 11.3 Å². The molecule has 8 heteroatoms. The van der Waals surface area contributed by atoms with Crippen LogP contribution in [0.5, 0.6) is 0 Å². The maximum Gasteiger partial charge on any atom is 0.272 e. The summed E-state index contributed by atoms with van der Waals surface area (Å²) in [7, 11) is 1.87. The van der Waals surface area contributed by atoms with Gasteiger partial charge in [-0.15, -0.1) is 0 Å². The number of hydrogen-bond donors (Lipinski definition) is 1. The molecular weight excluding hydrogens is 486 g/mol. The topological polar surface area (TPSA) is 90.0 Å². The van der Waals surface area contributed by atoms with Gasteiger partial charge in [-0.3, -0.25) is 9.48 Å². The first kappa shape index (κ1) is 24.1. The Bertz CT molecular complexity index is 1910. The van der Waals surface area contributed by atoms with E-state index in [2.05, 4.69) is 38.4 Å². The Labute approximate surface area is 225 Å². The van der Waals surface area contributed by atoms with E-state index in [4.69, 9.17) is 4.98 Å². The lowest BCUT2D eigenvalue weighted by atomic mass is 9.96. The number of carbonyl (C=O) groups is 1. The number of aromatic nitrogens is 6. The van der Waals surface area contributed by atoms with Crippen molar-refractivity contribution in [3.63, 3.8) is 0 Å². The van der Waals surface area contributed by atoms with Crippen molar-refractivity contribution < 1.29 is 4.79 Å². The smallest absolute Gasteiger partial charge is 0.272 e. The number of aryl methyl sites for hydroxylation is 2. The zero-order chi connectivity index (χ0) is 26.9. The van der Waals surface area contributed by atoms with E-state index in [1.54, 1.807) is 27.7 Å². The number of rotatable bonds is 4. The molecule has 0 unspecified atom stereocenters. The largest absolute Gasteiger partial charge is 0.343 e. The van der Waals surface area contributed by atoms with Crippen molar-refractivity contribution >= 4 is 22.5 Å². The molecule has 4 heterocycles. The number of hydrogen-bond acceptors (Lipinski definition) is 5. The number of pyridine rings is 1. The van der Waals surface area contributed by atoms with Gasteiger partial charge in [-0.2, -0.15) is 10.2 Å². The summed E-state index contributed by atoms with van der Waals surface area (Å²) in [6.45, 7) is 3.75. The fourth-order valence-corrected chi connectivity index (χ4v) is 4.72. The van der Waals surface area contributed by atoms with Crippen molar-refractivity contribution in [3.8, 4) is 23.0 Å². The fraction of sp³-hybridized carbons (Fsp3) is 0.129. The summed E-state index contributed by atoms with van der Waals surface area (Å²) in [5.41, 5.74) is 6.87. The van der Waals surface area contributed by atoms with Gasteiger partial charge < -0.3 is 5.32 Å². The highest BCUT2D eigenvalue weighted by atomic mass is 16.2. The second-order valence-corrected chi connectivity index (χ2v) is 9.35. The average molecular weight is 512 g/mol. The van der Waals surface area contributed by atoms with Gasteiger partial charge in [0.25, 0.3) is 5.91 Å². The van der Waals surface area contributed by atoms with Crippen LogP contribution in [0, 0.1) is 18.8 Å². The van der Waals surface area contributed by atoms with Gasteiger partial charge in [0.05, 0.1) is 34.7 Å². The summed E-state index contributed by atoms with van der Waals surface area (Å²) >= 11 is 0. The Morgan fingerprint density at radius 3 is 2.62 bits per heavy atom. The first-order chi connectivity index (χ1) is 19.0. The number of nitrogens with zero attached hydrogens (tertiary/aromatic N) is 6. The molecule has 0 bridgehead atoms. The number of carbonyl (C=O) groups excluding carboxylic acids is 1. The molecule has 6 aromatic rings. The Morgan fingerprint density at radius 1 is 0.974 bits per heavy atom. The van der Waals surface area contributed by atoms with Crippen LogP contribution in [0.1, 0.15) is 46.0 Å². The molecule has 6 rings (SSSR count). The molecule has 39 heavy (non-hydrogen) atoms. The lowest BCUT2D eigenvalue weighted by Gasteiger charge is -2.19. The Kier molecular flexibility index (Phi) is 6.10. The highest BCUT2D eigenvalue weighted by Crippen LogP contribution is 2.32. The zero-order valence-electron chi connectivity index (χ0n) is 21.8. The maximum absolute atomic E-state index is 13.4. The molecule has 0 saturated heterocycles. The number of benzene rings is 2. The quantitative estimate of drug-likeness (QED) is 0.341. The molecule has 0 spiro atoms. The van der Waals surface area contributed by atoms with E-state index in [-0.39, 0.29) is 5.91 Å². The summed E-state index contributed by atoms with van der Waals surface area (Å²) in [5, 5.41) is 12.6. The van der Waals surface area contributed by atoms with Crippen LogP contribution in [-0.4, -0.2) is 35.3 Å². The monoisotopic (exact) mass is 511 g/mol. The van der Waals surface area contributed by atoms with E-state index in [1.807, 2.05) is 81.7 Å². The van der Waals surface area contributed by atoms with Gasteiger partial charge in [-0.1, -0.05) is 48.2 Å². The van der Waals surface area contributed by atoms with Crippen LogP contribution in [0.4, 0.5) is 0 Å². The number of amides is 1. The lowest BCUT2D eigenvalue weighted by Crippen LogP contribution is -2.29. The van der Waals surface area contributed by atoms with Gasteiger partial charge in [0.1, 0.15) is 0 Å². The van der Waals surface area contributed by atoms with Crippen LogP contribution < -0.4 is 5.32 Å². The molecule has 0 fully saturated rings. The Balaban J connectivity index is 1.43. The molecule has 1 amide bonds. The van der Waals surface area contributed by atoms with E-state index >= 15 is 0 Å². The summed E-state index contributed by atoms with van der Waals surface area (Å²) in [5.74, 6) is 6.23.